The molecule has 4 rings (SSSR count). The van der Waals surface area contributed by atoms with E-state index in [1.54, 1.807) is 24.3 Å². The van der Waals surface area contributed by atoms with Gasteiger partial charge < -0.3 is 10.1 Å². The number of halogens is 1. The van der Waals surface area contributed by atoms with Crippen LogP contribution in [0, 0.1) is 20.8 Å². The smallest absolute Gasteiger partial charge is 0.282 e. The SMILES string of the molecule is CCOc1ccccc1N1C(=O)C(Nc2ccc(C)c(Cl)c2)=C(c2ccc(C)cc2C)C1=O. The first-order valence-corrected chi connectivity index (χ1v) is 11.1. The third-order valence-electron chi connectivity index (χ3n) is 5.58. The Bertz CT molecular complexity index is 1300. The number of aryl methyl sites for hydroxylation is 3. The molecule has 0 saturated heterocycles. The highest BCUT2D eigenvalue weighted by atomic mass is 35.5. The molecule has 3 aromatic rings. The normalized spacial score (nSPS) is 13.7. The number of carbonyl (C=O) groups is 2. The first-order chi connectivity index (χ1) is 15.8. The number of benzene rings is 3. The zero-order valence-corrected chi connectivity index (χ0v) is 19.8. The fourth-order valence-corrected chi connectivity index (χ4v) is 4.12. The van der Waals surface area contributed by atoms with Gasteiger partial charge in [0, 0.05) is 10.7 Å². The van der Waals surface area contributed by atoms with Crippen molar-refractivity contribution in [3.8, 4) is 5.75 Å². The third-order valence-corrected chi connectivity index (χ3v) is 5.99. The topological polar surface area (TPSA) is 58.6 Å². The van der Waals surface area contributed by atoms with Gasteiger partial charge in [0.1, 0.15) is 11.4 Å². The van der Waals surface area contributed by atoms with Crippen LogP contribution in [0.5, 0.6) is 5.75 Å². The van der Waals surface area contributed by atoms with Crippen molar-refractivity contribution >= 4 is 40.4 Å². The van der Waals surface area contributed by atoms with E-state index in [0.717, 1.165) is 16.7 Å². The number of anilines is 2. The predicted molar refractivity (Wildman–Crippen MR) is 133 cm³/mol. The average Bonchev–Trinajstić information content (AvgIpc) is 3.01. The minimum absolute atomic E-state index is 0.207. The second-order valence-electron chi connectivity index (χ2n) is 8.00. The Morgan fingerprint density at radius 3 is 2.36 bits per heavy atom. The van der Waals surface area contributed by atoms with Crippen LogP contribution in [-0.4, -0.2) is 18.4 Å². The fourth-order valence-electron chi connectivity index (χ4n) is 3.94. The first-order valence-electron chi connectivity index (χ1n) is 10.8. The third kappa shape index (κ3) is 4.24. The molecule has 0 radical (unpaired) electrons. The van der Waals surface area contributed by atoms with Crippen LogP contribution in [-0.2, 0) is 9.59 Å². The summed E-state index contributed by atoms with van der Waals surface area (Å²) in [6.07, 6.45) is 0. The van der Waals surface area contributed by atoms with E-state index in [1.165, 1.54) is 4.90 Å². The van der Waals surface area contributed by atoms with Gasteiger partial charge in [-0.25, -0.2) is 4.90 Å². The van der Waals surface area contributed by atoms with Gasteiger partial charge in [0.05, 0.1) is 17.9 Å². The zero-order valence-electron chi connectivity index (χ0n) is 19.0. The Morgan fingerprint density at radius 2 is 1.67 bits per heavy atom. The number of hydrogen-bond donors (Lipinski definition) is 1. The highest BCUT2D eigenvalue weighted by Gasteiger charge is 2.41. The van der Waals surface area contributed by atoms with Crippen LogP contribution in [0.2, 0.25) is 5.02 Å². The number of nitrogens with zero attached hydrogens (tertiary/aromatic N) is 1. The summed E-state index contributed by atoms with van der Waals surface area (Å²) in [5, 5.41) is 3.75. The molecule has 0 saturated carbocycles. The molecule has 0 aliphatic carbocycles. The Hall–Kier alpha value is -3.57. The molecule has 1 aliphatic heterocycles. The van der Waals surface area contributed by atoms with E-state index in [-0.39, 0.29) is 5.70 Å². The van der Waals surface area contributed by atoms with E-state index < -0.39 is 11.8 Å². The summed E-state index contributed by atoms with van der Waals surface area (Å²) in [5.41, 5.74) is 5.18. The molecule has 33 heavy (non-hydrogen) atoms. The van der Waals surface area contributed by atoms with Crippen LogP contribution >= 0.6 is 11.6 Å². The second-order valence-corrected chi connectivity index (χ2v) is 8.41. The average molecular weight is 461 g/mol. The number of amides is 2. The quantitative estimate of drug-likeness (QED) is 0.454. The van der Waals surface area contributed by atoms with Crippen molar-refractivity contribution in [1.29, 1.82) is 0 Å². The summed E-state index contributed by atoms with van der Waals surface area (Å²) in [4.78, 5) is 28.6. The fraction of sp³-hybridized carbons (Fsp3) is 0.185. The molecule has 0 atom stereocenters. The van der Waals surface area contributed by atoms with Crippen molar-refractivity contribution in [2.75, 3.05) is 16.8 Å². The number of imide groups is 1. The van der Waals surface area contributed by atoms with Gasteiger partial charge in [0.15, 0.2) is 0 Å². The van der Waals surface area contributed by atoms with Gasteiger partial charge in [0.25, 0.3) is 11.8 Å². The maximum atomic E-state index is 13.8. The van der Waals surface area contributed by atoms with E-state index in [4.69, 9.17) is 16.3 Å². The lowest BCUT2D eigenvalue weighted by atomic mass is 9.97. The maximum absolute atomic E-state index is 13.8. The lowest BCUT2D eigenvalue weighted by molar-refractivity contribution is -0.120. The van der Waals surface area contributed by atoms with Crippen LogP contribution in [0.4, 0.5) is 11.4 Å². The molecule has 1 aliphatic rings. The van der Waals surface area contributed by atoms with Gasteiger partial charge >= 0.3 is 0 Å². The number of hydrogen-bond acceptors (Lipinski definition) is 4. The van der Waals surface area contributed by atoms with Crippen LogP contribution in [0.25, 0.3) is 5.57 Å². The molecule has 0 aromatic heterocycles. The molecule has 1 N–H and O–H groups in total. The van der Waals surface area contributed by atoms with Crippen LogP contribution < -0.4 is 15.0 Å². The van der Waals surface area contributed by atoms with Crippen LogP contribution in [0.15, 0.2) is 66.4 Å². The minimum Gasteiger partial charge on any atom is -0.492 e. The van der Waals surface area contributed by atoms with Gasteiger partial charge in [-0.3, -0.25) is 9.59 Å². The Balaban J connectivity index is 1.87. The number of carbonyl (C=O) groups excluding carboxylic acids is 2. The lowest BCUT2D eigenvalue weighted by Gasteiger charge is -2.19. The Labute approximate surface area is 198 Å². The first kappa shape index (κ1) is 22.6. The van der Waals surface area contributed by atoms with Crippen LogP contribution in [0.1, 0.15) is 29.2 Å². The summed E-state index contributed by atoms with van der Waals surface area (Å²) in [6, 6.07) is 18.3. The van der Waals surface area contributed by atoms with Crippen molar-refractivity contribution in [2.45, 2.75) is 27.7 Å². The molecule has 2 amide bonds. The Kier molecular flexibility index (Phi) is 6.25. The van der Waals surface area contributed by atoms with Crippen molar-refractivity contribution < 1.29 is 14.3 Å². The monoisotopic (exact) mass is 460 g/mol. The van der Waals surface area contributed by atoms with Crippen molar-refractivity contribution in [3.05, 3.63) is 93.6 Å². The molecule has 5 nitrogen and oxygen atoms in total. The van der Waals surface area contributed by atoms with E-state index in [1.807, 2.05) is 64.1 Å². The molecule has 0 unspecified atom stereocenters. The standard InChI is InChI=1S/C27H25ClN2O3/c1-5-33-23-9-7-6-8-22(23)30-26(31)24(20-13-10-16(2)14-18(20)4)25(27(30)32)29-19-12-11-17(3)21(28)15-19/h6-15,29H,5H2,1-4H3. The molecule has 1 heterocycles. The maximum Gasteiger partial charge on any atom is 0.282 e. The van der Waals surface area contributed by atoms with E-state index in [2.05, 4.69) is 5.32 Å². The number of ether oxygens (including phenoxy) is 1. The van der Waals surface area contributed by atoms with E-state index >= 15 is 0 Å². The molecular formula is C27H25ClN2O3. The zero-order chi connectivity index (χ0) is 23.7. The van der Waals surface area contributed by atoms with E-state index in [9.17, 15) is 9.59 Å². The van der Waals surface area contributed by atoms with Crippen molar-refractivity contribution in [1.82, 2.24) is 0 Å². The lowest BCUT2D eigenvalue weighted by Crippen LogP contribution is -2.32. The highest BCUT2D eigenvalue weighted by molar-refractivity contribution is 6.46. The molecular weight excluding hydrogens is 436 g/mol. The molecule has 168 valence electrons. The summed E-state index contributed by atoms with van der Waals surface area (Å²) >= 11 is 6.31. The minimum atomic E-state index is -0.446. The second kappa shape index (κ2) is 9.12. The van der Waals surface area contributed by atoms with Crippen molar-refractivity contribution in [2.24, 2.45) is 0 Å². The van der Waals surface area contributed by atoms with Gasteiger partial charge in [0.2, 0.25) is 0 Å². The number of nitrogens with one attached hydrogen (secondary N) is 1. The highest BCUT2D eigenvalue weighted by Crippen LogP contribution is 2.39. The molecule has 6 heteroatoms. The summed E-state index contributed by atoms with van der Waals surface area (Å²) in [6.45, 7) is 8.10. The Morgan fingerprint density at radius 1 is 0.909 bits per heavy atom. The molecule has 0 spiro atoms. The van der Waals surface area contributed by atoms with Crippen molar-refractivity contribution in [3.63, 3.8) is 0 Å². The number of rotatable bonds is 6. The predicted octanol–water partition coefficient (Wildman–Crippen LogP) is 6.06. The van der Waals surface area contributed by atoms with Gasteiger partial charge in [-0.1, -0.05) is 53.6 Å². The van der Waals surface area contributed by atoms with Gasteiger partial charge in [-0.05, 0) is 68.7 Å². The van der Waals surface area contributed by atoms with Gasteiger partial charge in [-0.2, -0.15) is 0 Å². The molecule has 0 bridgehead atoms. The molecule has 0 fully saturated rings. The van der Waals surface area contributed by atoms with E-state index in [0.29, 0.717) is 39.9 Å². The van der Waals surface area contributed by atoms with Crippen LogP contribution in [0.3, 0.4) is 0 Å². The molecule has 3 aromatic carbocycles. The number of para-hydroxylation sites is 2. The van der Waals surface area contributed by atoms with Gasteiger partial charge in [-0.15, -0.1) is 0 Å². The summed E-state index contributed by atoms with van der Waals surface area (Å²) in [7, 11) is 0. The largest absolute Gasteiger partial charge is 0.492 e. The summed E-state index contributed by atoms with van der Waals surface area (Å²) in [5.74, 6) is -0.375. The summed E-state index contributed by atoms with van der Waals surface area (Å²) < 4.78 is 5.71.